The van der Waals surface area contributed by atoms with E-state index in [4.69, 9.17) is 9.47 Å². The van der Waals surface area contributed by atoms with Gasteiger partial charge in [-0.3, -0.25) is 0 Å². The second-order valence-electron chi connectivity index (χ2n) is 14.7. The lowest BCUT2D eigenvalue weighted by molar-refractivity contribution is -0.288. The van der Waals surface area contributed by atoms with Crippen molar-refractivity contribution >= 4 is 5.97 Å². The number of hydrogen-bond acceptors (Lipinski definition) is 5. The van der Waals surface area contributed by atoms with Crippen molar-refractivity contribution in [1.82, 2.24) is 0 Å². The quantitative estimate of drug-likeness (QED) is 0.257. The zero-order valence-corrected chi connectivity index (χ0v) is 24.6. The number of benzene rings is 1. The highest BCUT2D eigenvalue weighted by Gasteiger charge is 2.82. The van der Waals surface area contributed by atoms with Crippen molar-refractivity contribution in [1.29, 1.82) is 0 Å². The van der Waals surface area contributed by atoms with Gasteiger partial charge in [0.1, 0.15) is 11.9 Å². The molecule has 2 N–H and O–H groups in total. The monoisotopic (exact) mass is 538 g/mol. The number of esters is 1. The van der Waals surface area contributed by atoms with Crippen molar-refractivity contribution in [2.24, 2.45) is 39.9 Å². The molecule has 0 bridgehead atoms. The van der Waals surface area contributed by atoms with Crippen molar-refractivity contribution in [2.45, 2.75) is 123 Å². The maximum Gasteiger partial charge on any atom is 0.344 e. The van der Waals surface area contributed by atoms with Gasteiger partial charge in [-0.25, -0.2) is 4.79 Å². The van der Waals surface area contributed by atoms with Crippen LogP contribution >= 0.6 is 0 Å². The average Bonchev–Trinajstić information content (AvgIpc) is 3.21. The number of aliphatic hydroxyl groups excluding tert-OH is 2. The lowest BCUT2D eigenvalue weighted by Gasteiger charge is -2.75. The zero-order valence-electron chi connectivity index (χ0n) is 24.6. The van der Waals surface area contributed by atoms with E-state index in [9.17, 15) is 15.0 Å². The molecule has 39 heavy (non-hydrogen) atoms. The van der Waals surface area contributed by atoms with Crippen LogP contribution in [0.4, 0.5) is 0 Å². The number of ether oxygens (including phenoxy) is 2. The summed E-state index contributed by atoms with van der Waals surface area (Å²) in [7, 11) is 0. The summed E-state index contributed by atoms with van der Waals surface area (Å²) in [6.07, 6.45) is 11.5. The third-order valence-corrected chi connectivity index (χ3v) is 12.9. The van der Waals surface area contributed by atoms with Gasteiger partial charge in [0.25, 0.3) is 0 Å². The van der Waals surface area contributed by atoms with Crippen molar-refractivity contribution in [3.63, 3.8) is 0 Å². The lowest BCUT2D eigenvalue weighted by Crippen LogP contribution is -2.70. The van der Waals surface area contributed by atoms with E-state index in [0.717, 1.165) is 63.5 Å². The minimum atomic E-state index is -0.296. The van der Waals surface area contributed by atoms with Crippen molar-refractivity contribution in [3.05, 3.63) is 29.3 Å². The van der Waals surface area contributed by atoms with Gasteiger partial charge >= 0.3 is 5.97 Å². The number of hydrogen-bond donors (Lipinski definition) is 2. The molecule has 4 fully saturated rings. The molecule has 6 rings (SSSR count). The fourth-order valence-corrected chi connectivity index (χ4v) is 10.5. The Morgan fingerprint density at radius 3 is 2.69 bits per heavy atom. The van der Waals surface area contributed by atoms with Crippen LogP contribution in [0.2, 0.25) is 0 Å². The Morgan fingerprint density at radius 2 is 1.95 bits per heavy atom. The van der Waals surface area contributed by atoms with E-state index in [1.54, 1.807) is 0 Å². The Balaban J connectivity index is 1.04. The predicted octanol–water partition coefficient (Wildman–Crippen LogP) is 6.26. The first-order valence-electron chi connectivity index (χ1n) is 15.9. The van der Waals surface area contributed by atoms with Crippen LogP contribution in [0.15, 0.2) is 18.2 Å². The smallest absolute Gasteiger partial charge is 0.344 e. The summed E-state index contributed by atoms with van der Waals surface area (Å²) in [5, 5.41) is 21.4. The minimum absolute atomic E-state index is 0.00620. The number of carbonyl (C=O) groups excluding carboxylic acids is 1. The van der Waals surface area contributed by atoms with Crippen molar-refractivity contribution in [2.75, 3.05) is 6.61 Å². The van der Waals surface area contributed by atoms with Crippen LogP contribution < -0.4 is 4.74 Å². The number of aliphatic hydroxyl groups is 2. The van der Waals surface area contributed by atoms with Gasteiger partial charge in [0.15, 0.2) is 6.61 Å². The van der Waals surface area contributed by atoms with E-state index in [2.05, 4.69) is 33.8 Å². The predicted molar refractivity (Wildman–Crippen MR) is 151 cm³/mol. The molecule has 5 heteroatoms. The highest BCUT2D eigenvalue weighted by molar-refractivity contribution is 5.71. The van der Waals surface area contributed by atoms with Gasteiger partial charge in [-0.05, 0) is 109 Å². The zero-order chi connectivity index (χ0) is 27.6. The second-order valence-corrected chi connectivity index (χ2v) is 14.7. The largest absolute Gasteiger partial charge is 0.482 e. The first-order valence-corrected chi connectivity index (χ1v) is 15.9. The van der Waals surface area contributed by atoms with E-state index in [-0.39, 0.29) is 42.2 Å². The molecule has 216 valence electrons. The summed E-state index contributed by atoms with van der Waals surface area (Å²) in [5.41, 5.74) is 3.34. The van der Waals surface area contributed by atoms with Gasteiger partial charge in [0.05, 0.1) is 12.2 Å². The SMILES string of the molecule is CCCCC[C@@H](O)CC[C@@H]1[C@H]2Cc3cccc(OCC(=O)O[C@@H]4CC5CC6(C)C[C@]4(C)C56C)c3C[C@H]2C[C@H]1O. The number of fused-ring (bicyclic) bond motifs is 2. The Morgan fingerprint density at radius 1 is 1.13 bits per heavy atom. The molecule has 0 aromatic heterocycles. The van der Waals surface area contributed by atoms with E-state index < -0.39 is 0 Å². The topological polar surface area (TPSA) is 76.0 Å². The van der Waals surface area contributed by atoms with Gasteiger partial charge < -0.3 is 19.7 Å². The minimum Gasteiger partial charge on any atom is -0.482 e. The molecule has 4 saturated carbocycles. The molecule has 0 radical (unpaired) electrons. The van der Waals surface area contributed by atoms with Gasteiger partial charge in [-0.15, -0.1) is 0 Å². The maximum absolute atomic E-state index is 12.9. The molecule has 5 nitrogen and oxygen atoms in total. The van der Waals surface area contributed by atoms with E-state index in [0.29, 0.717) is 28.6 Å². The van der Waals surface area contributed by atoms with Crippen LogP contribution in [-0.4, -0.2) is 41.1 Å². The summed E-state index contributed by atoms with van der Waals surface area (Å²) in [5.74, 6) is 2.36. The number of carbonyl (C=O) groups is 1. The summed E-state index contributed by atoms with van der Waals surface area (Å²) >= 11 is 0. The maximum atomic E-state index is 12.9. The first kappa shape index (κ1) is 27.6. The fourth-order valence-electron chi connectivity index (χ4n) is 10.5. The van der Waals surface area contributed by atoms with Gasteiger partial charge in [0.2, 0.25) is 0 Å². The first-order chi connectivity index (χ1) is 18.6. The standard InChI is InChI=1S/C34H50O5/c1-5-6-7-10-24(35)12-13-25-26-14-21-9-8-11-29(27(21)15-22(26)16-28(25)36)38-19-31(37)39-30-17-23-18-32(2)20-33(30,3)34(23,32)4/h8-9,11,22-26,28,30,35-36H,5-7,10,12-20H2,1-4H3/t22-,23?,24+,25+,26-,28+,30+,32?,33-,34?/m0/s1. The molecule has 0 heterocycles. The van der Waals surface area contributed by atoms with Gasteiger partial charge in [-0.2, -0.15) is 0 Å². The van der Waals surface area contributed by atoms with Crippen molar-refractivity contribution < 1.29 is 24.5 Å². The van der Waals surface area contributed by atoms with E-state index >= 15 is 0 Å². The fraction of sp³-hybridized carbons (Fsp3) is 0.794. The summed E-state index contributed by atoms with van der Waals surface area (Å²) in [4.78, 5) is 12.9. The average molecular weight is 539 g/mol. The number of rotatable bonds is 11. The molecule has 0 saturated heterocycles. The van der Waals surface area contributed by atoms with Crippen LogP contribution in [0.1, 0.15) is 103 Å². The Kier molecular flexibility index (Phi) is 7.10. The highest BCUT2D eigenvalue weighted by Crippen LogP contribution is 2.86. The number of unbranched alkanes of at least 4 members (excludes halogenated alkanes) is 2. The Bertz CT molecular complexity index is 1090. The van der Waals surface area contributed by atoms with E-state index in [1.165, 1.54) is 30.4 Å². The van der Waals surface area contributed by atoms with Crippen LogP contribution in [0.5, 0.6) is 5.75 Å². The molecular formula is C34H50O5. The molecule has 1 aromatic rings. The van der Waals surface area contributed by atoms with Crippen LogP contribution in [0.3, 0.4) is 0 Å². The molecule has 10 atom stereocenters. The van der Waals surface area contributed by atoms with Crippen molar-refractivity contribution in [3.8, 4) is 5.75 Å². The molecule has 0 amide bonds. The third kappa shape index (κ3) is 4.28. The van der Waals surface area contributed by atoms with Crippen LogP contribution in [0, 0.1) is 39.9 Å². The van der Waals surface area contributed by atoms with E-state index in [1.807, 2.05) is 12.1 Å². The highest BCUT2D eigenvalue weighted by atomic mass is 16.6. The van der Waals surface area contributed by atoms with Gasteiger partial charge in [-0.1, -0.05) is 59.1 Å². The molecule has 1 aromatic carbocycles. The molecule has 5 aliphatic carbocycles. The molecule has 5 aliphatic rings. The van der Waals surface area contributed by atoms with Crippen LogP contribution in [-0.2, 0) is 22.4 Å². The molecule has 0 aliphatic heterocycles. The molecular weight excluding hydrogens is 488 g/mol. The third-order valence-electron chi connectivity index (χ3n) is 12.9. The summed E-state index contributed by atoms with van der Waals surface area (Å²) in [6, 6.07) is 6.20. The summed E-state index contributed by atoms with van der Waals surface area (Å²) < 4.78 is 12.2. The normalized spacial score (nSPS) is 42.0. The second kappa shape index (κ2) is 10.0. The summed E-state index contributed by atoms with van der Waals surface area (Å²) in [6.45, 7) is 9.29. The molecule has 3 unspecified atom stereocenters. The van der Waals surface area contributed by atoms with Gasteiger partial charge in [0, 0.05) is 5.41 Å². The lowest BCUT2D eigenvalue weighted by atomic mass is 9.28. The molecule has 0 spiro atoms. The Hall–Kier alpha value is -1.59. The van der Waals surface area contributed by atoms with Crippen LogP contribution in [0.25, 0.3) is 0 Å². The Labute approximate surface area is 235 Å².